The van der Waals surface area contributed by atoms with E-state index in [9.17, 15) is 4.79 Å². The predicted octanol–water partition coefficient (Wildman–Crippen LogP) is 4.52. The third kappa shape index (κ3) is 4.56. The quantitative estimate of drug-likeness (QED) is 0.764. The highest BCUT2D eigenvalue weighted by Gasteiger charge is 2.14. The number of halogens is 1. The molecule has 0 saturated heterocycles. The van der Waals surface area contributed by atoms with Gasteiger partial charge in [0.25, 0.3) is 5.91 Å². The van der Waals surface area contributed by atoms with E-state index >= 15 is 0 Å². The van der Waals surface area contributed by atoms with Gasteiger partial charge in [-0.15, -0.1) is 0 Å². The molecule has 110 valence electrons. The Morgan fingerprint density at radius 3 is 2.10 bits per heavy atom. The number of carbonyl (C=O) groups excluding carboxylic acids is 1. The zero-order valence-corrected chi connectivity index (χ0v) is 14.8. The second kappa shape index (κ2) is 6.60. The van der Waals surface area contributed by atoms with Crippen molar-refractivity contribution in [2.75, 3.05) is 0 Å². The molecule has 21 heavy (non-hydrogen) atoms. The largest absolute Gasteiger partial charge is 0.348 e. The number of hydrogen-bond acceptors (Lipinski definition) is 1. The first-order valence-corrected chi connectivity index (χ1v) is 8.07. The SMILES string of the molecule is CC(C)(C)c1ccc(C(=O)NCc2ccc(I)cc2)cc1. The van der Waals surface area contributed by atoms with Crippen LogP contribution in [0.3, 0.4) is 0 Å². The first-order valence-electron chi connectivity index (χ1n) is 6.99. The molecule has 0 aliphatic heterocycles. The number of carbonyl (C=O) groups is 1. The molecule has 0 atom stereocenters. The lowest BCUT2D eigenvalue weighted by atomic mass is 9.87. The number of nitrogens with one attached hydrogen (secondary N) is 1. The molecule has 2 nitrogen and oxygen atoms in total. The normalized spacial score (nSPS) is 11.2. The number of rotatable bonds is 3. The van der Waals surface area contributed by atoms with Gasteiger partial charge in [0, 0.05) is 15.7 Å². The Labute approximate surface area is 140 Å². The number of hydrogen-bond donors (Lipinski definition) is 1. The van der Waals surface area contributed by atoms with E-state index in [2.05, 4.69) is 48.7 Å². The first kappa shape index (κ1) is 16.0. The van der Waals surface area contributed by atoms with Gasteiger partial charge in [0.15, 0.2) is 0 Å². The second-order valence-corrected chi connectivity index (χ2v) is 7.38. The van der Waals surface area contributed by atoms with Crippen molar-refractivity contribution in [3.05, 3.63) is 68.8 Å². The zero-order chi connectivity index (χ0) is 15.5. The van der Waals surface area contributed by atoms with Gasteiger partial charge in [0.1, 0.15) is 0 Å². The van der Waals surface area contributed by atoms with Gasteiger partial charge in [-0.25, -0.2) is 0 Å². The van der Waals surface area contributed by atoms with Crippen LogP contribution in [-0.4, -0.2) is 5.91 Å². The van der Waals surface area contributed by atoms with Gasteiger partial charge >= 0.3 is 0 Å². The summed E-state index contributed by atoms with van der Waals surface area (Å²) in [6.07, 6.45) is 0. The molecule has 0 aliphatic rings. The predicted molar refractivity (Wildman–Crippen MR) is 95.5 cm³/mol. The van der Waals surface area contributed by atoms with E-state index in [1.807, 2.05) is 48.5 Å². The van der Waals surface area contributed by atoms with Gasteiger partial charge in [-0.05, 0) is 63.4 Å². The van der Waals surface area contributed by atoms with Crippen molar-refractivity contribution in [2.24, 2.45) is 0 Å². The van der Waals surface area contributed by atoms with Crippen LogP contribution in [-0.2, 0) is 12.0 Å². The maximum Gasteiger partial charge on any atom is 0.251 e. The van der Waals surface area contributed by atoms with Crippen molar-refractivity contribution in [3.63, 3.8) is 0 Å². The molecule has 0 fully saturated rings. The van der Waals surface area contributed by atoms with Gasteiger partial charge in [0.05, 0.1) is 0 Å². The van der Waals surface area contributed by atoms with Gasteiger partial charge in [-0.2, -0.15) is 0 Å². The molecule has 2 aromatic carbocycles. The molecule has 0 radical (unpaired) electrons. The Kier molecular flexibility index (Phi) is 5.04. The molecule has 0 saturated carbocycles. The summed E-state index contributed by atoms with van der Waals surface area (Å²) in [4.78, 5) is 12.1. The highest BCUT2D eigenvalue weighted by molar-refractivity contribution is 14.1. The van der Waals surface area contributed by atoms with E-state index in [0.29, 0.717) is 12.1 Å². The van der Waals surface area contributed by atoms with Gasteiger partial charge in [-0.3, -0.25) is 4.79 Å². The van der Waals surface area contributed by atoms with Crippen LogP contribution < -0.4 is 5.32 Å². The van der Waals surface area contributed by atoms with E-state index < -0.39 is 0 Å². The monoisotopic (exact) mass is 393 g/mol. The lowest BCUT2D eigenvalue weighted by Crippen LogP contribution is -2.23. The Balaban J connectivity index is 1.99. The molecule has 3 heteroatoms. The maximum absolute atomic E-state index is 12.1. The minimum absolute atomic E-state index is 0.0333. The Morgan fingerprint density at radius 1 is 1.00 bits per heavy atom. The van der Waals surface area contributed by atoms with Crippen molar-refractivity contribution in [1.82, 2.24) is 5.32 Å². The standard InChI is InChI=1S/C18H20INO/c1-18(2,3)15-8-6-14(7-9-15)17(21)20-12-13-4-10-16(19)11-5-13/h4-11H,12H2,1-3H3,(H,20,21). The van der Waals surface area contributed by atoms with Crippen molar-refractivity contribution in [1.29, 1.82) is 0 Å². The molecular formula is C18H20INO. The smallest absolute Gasteiger partial charge is 0.251 e. The van der Waals surface area contributed by atoms with Crippen molar-refractivity contribution >= 4 is 28.5 Å². The summed E-state index contributed by atoms with van der Waals surface area (Å²) in [6, 6.07) is 16.0. The molecule has 0 aromatic heterocycles. The summed E-state index contributed by atoms with van der Waals surface area (Å²) in [6.45, 7) is 7.05. The molecule has 0 bridgehead atoms. The summed E-state index contributed by atoms with van der Waals surface area (Å²) in [7, 11) is 0. The molecule has 1 N–H and O–H groups in total. The van der Waals surface area contributed by atoms with Crippen LogP contribution in [0.2, 0.25) is 0 Å². The third-order valence-corrected chi connectivity index (χ3v) is 4.10. The molecule has 0 unspecified atom stereocenters. The van der Waals surface area contributed by atoms with Crippen LogP contribution in [0.15, 0.2) is 48.5 Å². The van der Waals surface area contributed by atoms with Crippen molar-refractivity contribution in [3.8, 4) is 0 Å². The van der Waals surface area contributed by atoms with E-state index in [1.54, 1.807) is 0 Å². The lowest BCUT2D eigenvalue weighted by Gasteiger charge is -2.19. The van der Waals surface area contributed by atoms with E-state index in [0.717, 1.165) is 5.56 Å². The molecule has 2 aromatic rings. The van der Waals surface area contributed by atoms with Crippen LogP contribution in [0.1, 0.15) is 42.3 Å². The van der Waals surface area contributed by atoms with Gasteiger partial charge < -0.3 is 5.32 Å². The van der Waals surface area contributed by atoms with Crippen LogP contribution in [0.25, 0.3) is 0 Å². The van der Waals surface area contributed by atoms with Crippen molar-refractivity contribution < 1.29 is 4.79 Å². The van der Waals surface area contributed by atoms with Crippen LogP contribution in [0, 0.1) is 3.57 Å². The summed E-state index contributed by atoms with van der Waals surface area (Å²) < 4.78 is 1.19. The van der Waals surface area contributed by atoms with Crippen LogP contribution in [0.5, 0.6) is 0 Å². The molecule has 0 heterocycles. The van der Waals surface area contributed by atoms with Gasteiger partial charge in [-0.1, -0.05) is 45.0 Å². The Hall–Kier alpha value is -1.36. The third-order valence-electron chi connectivity index (χ3n) is 3.38. The average molecular weight is 393 g/mol. The summed E-state index contributed by atoms with van der Waals surface area (Å²) in [5, 5.41) is 2.95. The van der Waals surface area contributed by atoms with Crippen molar-refractivity contribution in [2.45, 2.75) is 32.7 Å². The van der Waals surface area contributed by atoms with E-state index in [4.69, 9.17) is 0 Å². The lowest BCUT2D eigenvalue weighted by molar-refractivity contribution is 0.0951. The first-order chi connectivity index (χ1) is 9.86. The Morgan fingerprint density at radius 2 is 1.57 bits per heavy atom. The van der Waals surface area contributed by atoms with Crippen LogP contribution in [0.4, 0.5) is 0 Å². The van der Waals surface area contributed by atoms with Gasteiger partial charge in [0.2, 0.25) is 0 Å². The minimum Gasteiger partial charge on any atom is -0.348 e. The highest BCUT2D eigenvalue weighted by atomic mass is 127. The second-order valence-electron chi connectivity index (χ2n) is 6.14. The molecular weight excluding hydrogens is 373 g/mol. The minimum atomic E-state index is -0.0333. The Bertz CT molecular complexity index is 609. The molecule has 2 rings (SSSR count). The topological polar surface area (TPSA) is 29.1 Å². The average Bonchev–Trinajstić information content (AvgIpc) is 2.45. The number of benzene rings is 2. The zero-order valence-electron chi connectivity index (χ0n) is 12.6. The fourth-order valence-corrected chi connectivity index (χ4v) is 2.37. The van der Waals surface area contributed by atoms with Crippen LogP contribution >= 0.6 is 22.6 Å². The van der Waals surface area contributed by atoms with E-state index in [1.165, 1.54) is 9.13 Å². The fraction of sp³-hybridized carbons (Fsp3) is 0.278. The molecule has 0 aliphatic carbocycles. The fourth-order valence-electron chi connectivity index (χ4n) is 2.01. The summed E-state index contributed by atoms with van der Waals surface area (Å²) in [5.74, 6) is -0.0333. The highest BCUT2D eigenvalue weighted by Crippen LogP contribution is 2.22. The summed E-state index contributed by atoms with van der Waals surface area (Å²) in [5.41, 5.74) is 3.15. The number of amides is 1. The maximum atomic E-state index is 12.1. The van der Waals surface area contributed by atoms with E-state index in [-0.39, 0.29) is 11.3 Å². The summed E-state index contributed by atoms with van der Waals surface area (Å²) >= 11 is 2.27. The molecule has 0 spiro atoms. The molecule has 1 amide bonds.